The molecule has 0 radical (unpaired) electrons. The molecule has 2 N–H and O–H groups in total. The second kappa shape index (κ2) is 6.98. The molecule has 0 saturated carbocycles. The summed E-state index contributed by atoms with van der Waals surface area (Å²) in [5, 5.41) is 6.78. The van der Waals surface area contributed by atoms with Crippen LogP contribution in [-0.4, -0.2) is 53.8 Å². The molecule has 1 aromatic carbocycles. The third kappa shape index (κ3) is 5.92. The van der Waals surface area contributed by atoms with Crippen molar-refractivity contribution in [2.45, 2.75) is 9.79 Å². The smallest absolute Gasteiger partial charge is 0.282 e. The highest BCUT2D eigenvalue weighted by Crippen LogP contribution is 2.28. The molecule has 0 aliphatic carbocycles. The highest BCUT2D eigenvalue weighted by molar-refractivity contribution is 7.91. The molecule has 0 aliphatic rings. The largest absolute Gasteiger partial charge is 0.397 e. The molecule has 1 rings (SSSR count). The Kier molecular flexibility index (Phi) is 5.95. The van der Waals surface area contributed by atoms with Gasteiger partial charge in [-0.2, -0.15) is 27.1 Å². The maximum absolute atomic E-state index is 12.0. The van der Waals surface area contributed by atoms with Gasteiger partial charge in [-0.05, 0) is 18.2 Å². The van der Waals surface area contributed by atoms with E-state index in [4.69, 9.17) is 9.11 Å². The zero-order valence-corrected chi connectivity index (χ0v) is 14.0. The van der Waals surface area contributed by atoms with Crippen molar-refractivity contribution in [3.63, 3.8) is 0 Å². The van der Waals surface area contributed by atoms with Crippen LogP contribution < -0.4 is 0 Å². The van der Waals surface area contributed by atoms with Crippen molar-refractivity contribution in [2.24, 2.45) is 10.2 Å². The number of hydrogen-bond acceptors (Lipinski definition) is 9. The normalized spacial score (nSPS) is 13.5. The van der Waals surface area contributed by atoms with E-state index in [2.05, 4.69) is 14.4 Å². The highest BCUT2D eigenvalue weighted by atomic mass is 32.3. The molecule has 0 heterocycles. The van der Waals surface area contributed by atoms with E-state index in [0.29, 0.717) is 6.07 Å². The second-order valence-electron chi connectivity index (χ2n) is 3.97. The molecular weight excluding hydrogens is 376 g/mol. The van der Waals surface area contributed by atoms with Gasteiger partial charge in [0.15, 0.2) is 9.84 Å². The number of rotatable bonds is 7. The van der Waals surface area contributed by atoms with Crippen LogP contribution in [0.15, 0.2) is 38.2 Å². The Morgan fingerprint density at radius 1 is 1.09 bits per heavy atom. The van der Waals surface area contributed by atoms with Crippen molar-refractivity contribution in [1.29, 1.82) is 0 Å². The maximum atomic E-state index is 12.0. The molecule has 0 fully saturated rings. The number of nitrogens with zero attached hydrogens (tertiary/aromatic N) is 2. The third-order valence-corrected chi connectivity index (χ3v) is 5.38. The lowest BCUT2D eigenvalue weighted by atomic mass is 10.3. The zero-order valence-electron chi connectivity index (χ0n) is 11.5. The lowest BCUT2D eigenvalue weighted by Gasteiger charge is -2.07. The van der Waals surface area contributed by atoms with Gasteiger partial charge < -0.3 is 0 Å². The Balaban J connectivity index is 3.23. The van der Waals surface area contributed by atoms with Crippen LogP contribution in [0.4, 0.5) is 5.69 Å². The first-order valence-corrected chi connectivity index (χ1v) is 10.1. The SMILES string of the molecule is CN=Nc1ccc(S(=O)(=O)CCOS(=O)(=O)O)cc1S(=O)(=O)O. The number of sulfone groups is 1. The predicted octanol–water partition coefficient (Wildman–Crippen LogP) is 0.240. The lowest BCUT2D eigenvalue weighted by Crippen LogP contribution is -2.16. The lowest BCUT2D eigenvalue weighted by molar-refractivity contribution is 0.284. The van der Waals surface area contributed by atoms with E-state index in [-0.39, 0.29) is 5.69 Å². The van der Waals surface area contributed by atoms with Gasteiger partial charge >= 0.3 is 10.4 Å². The summed E-state index contributed by atoms with van der Waals surface area (Å²) in [5.74, 6) is -0.855. The molecule has 1 aromatic rings. The molecule has 23 heavy (non-hydrogen) atoms. The number of azo groups is 1. The average molecular weight is 388 g/mol. The Bertz CT molecular complexity index is 917. The minimum absolute atomic E-state index is 0.275. The molecule has 0 amide bonds. The van der Waals surface area contributed by atoms with E-state index in [9.17, 15) is 25.3 Å². The zero-order chi connectivity index (χ0) is 17.9. The van der Waals surface area contributed by atoms with Gasteiger partial charge in [-0.15, -0.1) is 0 Å². The van der Waals surface area contributed by atoms with Crippen molar-refractivity contribution < 1.29 is 38.5 Å². The Hall–Kier alpha value is -1.45. The van der Waals surface area contributed by atoms with E-state index in [1.54, 1.807) is 0 Å². The van der Waals surface area contributed by atoms with Gasteiger partial charge in [0, 0.05) is 7.05 Å². The van der Waals surface area contributed by atoms with Crippen LogP contribution in [0.2, 0.25) is 0 Å². The highest BCUT2D eigenvalue weighted by Gasteiger charge is 2.22. The van der Waals surface area contributed by atoms with Crippen LogP contribution in [0.3, 0.4) is 0 Å². The molecule has 11 nitrogen and oxygen atoms in total. The quantitative estimate of drug-likeness (QED) is 0.489. The van der Waals surface area contributed by atoms with E-state index in [0.717, 1.165) is 12.1 Å². The van der Waals surface area contributed by atoms with Gasteiger partial charge in [-0.3, -0.25) is 9.11 Å². The molecule has 0 aliphatic heterocycles. The molecule has 0 bridgehead atoms. The molecule has 0 spiro atoms. The monoisotopic (exact) mass is 388 g/mol. The molecule has 0 aromatic heterocycles. The van der Waals surface area contributed by atoms with Crippen LogP contribution in [-0.2, 0) is 34.5 Å². The Labute approximate surface area is 132 Å². The second-order valence-corrected chi connectivity index (χ2v) is 8.56. The fraction of sp³-hybridized carbons (Fsp3) is 0.333. The van der Waals surface area contributed by atoms with E-state index in [1.165, 1.54) is 7.05 Å². The van der Waals surface area contributed by atoms with E-state index in [1.807, 2.05) is 0 Å². The summed E-state index contributed by atoms with van der Waals surface area (Å²) in [7, 11) is -12.5. The average Bonchev–Trinajstić information content (AvgIpc) is 2.36. The molecule has 130 valence electrons. The number of benzene rings is 1. The number of hydrogen-bond donors (Lipinski definition) is 2. The summed E-state index contributed by atoms with van der Waals surface area (Å²) in [6.07, 6.45) is 0. The van der Waals surface area contributed by atoms with Gasteiger partial charge in [0.1, 0.15) is 10.6 Å². The summed E-state index contributed by atoms with van der Waals surface area (Å²) in [6.45, 7) is -0.876. The summed E-state index contributed by atoms with van der Waals surface area (Å²) in [5.41, 5.74) is -0.275. The van der Waals surface area contributed by atoms with Crippen LogP contribution in [0.1, 0.15) is 0 Å². The summed E-state index contributed by atoms with van der Waals surface area (Å²) < 4.78 is 88.6. The maximum Gasteiger partial charge on any atom is 0.397 e. The van der Waals surface area contributed by atoms with E-state index >= 15 is 0 Å². The third-order valence-electron chi connectivity index (χ3n) is 2.36. The van der Waals surface area contributed by atoms with Crippen LogP contribution in [0, 0.1) is 0 Å². The fourth-order valence-corrected chi connectivity index (χ4v) is 3.69. The molecule has 0 saturated heterocycles. The minimum Gasteiger partial charge on any atom is -0.282 e. The van der Waals surface area contributed by atoms with Crippen LogP contribution in [0.5, 0.6) is 0 Å². The Morgan fingerprint density at radius 2 is 1.70 bits per heavy atom. The van der Waals surface area contributed by atoms with Gasteiger partial charge in [0.05, 0.1) is 17.3 Å². The van der Waals surface area contributed by atoms with Gasteiger partial charge in [-0.25, -0.2) is 12.6 Å². The first-order valence-electron chi connectivity index (χ1n) is 5.63. The molecular formula is C9H12N2O9S3. The fourth-order valence-electron chi connectivity index (χ4n) is 1.45. The summed E-state index contributed by atoms with van der Waals surface area (Å²) in [6, 6.07) is 2.66. The first-order chi connectivity index (χ1) is 10.4. The summed E-state index contributed by atoms with van der Waals surface area (Å²) in [4.78, 5) is -1.29. The Morgan fingerprint density at radius 3 is 2.17 bits per heavy atom. The van der Waals surface area contributed by atoms with Gasteiger partial charge in [-0.1, -0.05) is 0 Å². The van der Waals surface area contributed by atoms with Crippen molar-refractivity contribution in [3.05, 3.63) is 18.2 Å². The van der Waals surface area contributed by atoms with Crippen molar-refractivity contribution >= 4 is 36.0 Å². The predicted molar refractivity (Wildman–Crippen MR) is 76.3 cm³/mol. The molecule has 0 unspecified atom stereocenters. The first kappa shape index (κ1) is 19.6. The van der Waals surface area contributed by atoms with Crippen molar-refractivity contribution in [1.82, 2.24) is 0 Å². The van der Waals surface area contributed by atoms with Crippen LogP contribution >= 0.6 is 0 Å². The molecule has 14 heteroatoms. The molecule has 0 atom stereocenters. The van der Waals surface area contributed by atoms with Crippen LogP contribution in [0.25, 0.3) is 0 Å². The standard InChI is InChI=1S/C9H12N2O9S3/c1-10-11-8-3-2-7(6-9(8)22(14,15)16)21(12,13)5-4-20-23(17,18)19/h2-3,6H,4-5H2,1H3,(H,14,15,16)(H,17,18,19). The summed E-state index contributed by atoms with van der Waals surface area (Å²) >= 11 is 0. The minimum atomic E-state index is -4.80. The van der Waals surface area contributed by atoms with Gasteiger partial charge in [0.25, 0.3) is 10.1 Å². The van der Waals surface area contributed by atoms with Crippen molar-refractivity contribution in [3.8, 4) is 0 Å². The topological polar surface area (TPSA) is 177 Å². The van der Waals surface area contributed by atoms with E-state index < -0.39 is 52.5 Å². The van der Waals surface area contributed by atoms with Crippen molar-refractivity contribution in [2.75, 3.05) is 19.4 Å². The van der Waals surface area contributed by atoms with Gasteiger partial charge in [0.2, 0.25) is 0 Å².